The van der Waals surface area contributed by atoms with Crippen LogP contribution in [-0.4, -0.2) is 29.8 Å². The molecule has 0 heterocycles. The van der Waals surface area contributed by atoms with Crippen molar-refractivity contribution in [3.63, 3.8) is 0 Å². The molecule has 0 fully saturated rings. The van der Waals surface area contributed by atoms with Crippen LogP contribution >= 0.6 is 31.9 Å². The topological polar surface area (TPSA) is 92.7 Å². The van der Waals surface area contributed by atoms with Gasteiger partial charge in [-0.25, -0.2) is 0 Å². The lowest BCUT2D eigenvalue weighted by atomic mass is 9.82. The summed E-state index contributed by atoms with van der Waals surface area (Å²) in [6.45, 7) is 0. The molecule has 0 atom stereocenters. The van der Waals surface area contributed by atoms with Crippen LogP contribution in [0.1, 0.15) is 37.4 Å². The number of ether oxygens (including phenoxy) is 1. The highest BCUT2D eigenvalue weighted by Crippen LogP contribution is 2.41. The Bertz CT molecular complexity index is 1250. The van der Waals surface area contributed by atoms with E-state index in [1.807, 2.05) is 0 Å². The summed E-state index contributed by atoms with van der Waals surface area (Å²) in [7, 11) is 1.33. The van der Waals surface area contributed by atoms with Gasteiger partial charge in [-0.1, -0.05) is 24.3 Å². The van der Waals surface area contributed by atoms with Crippen molar-refractivity contribution in [3.05, 3.63) is 85.3 Å². The van der Waals surface area contributed by atoms with Gasteiger partial charge in [-0.2, -0.15) is 0 Å². The van der Waals surface area contributed by atoms with Gasteiger partial charge in [-0.3, -0.25) is 14.4 Å². The molecule has 31 heavy (non-hydrogen) atoms. The highest BCUT2D eigenvalue weighted by atomic mass is 79.9. The Morgan fingerprint density at radius 1 is 0.968 bits per heavy atom. The van der Waals surface area contributed by atoms with Crippen molar-refractivity contribution in [2.75, 3.05) is 12.4 Å². The summed E-state index contributed by atoms with van der Waals surface area (Å²) in [6.07, 6.45) is 0.104. The Labute approximate surface area is 194 Å². The first-order valence-corrected chi connectivity index (χ1v) is 10.8. The van der Waals surface area contributed by atoms with Gasteiger partial charge in [0.2, 0.25) is 0 Å². The average Bonchev–Trinajstić information content (AvgIpc) is 2.75. The Kier molecular flexibility index (Phi) is 5.68. The molecule has 6 nitrogen and oxygen atoms in total. The van der Waals surface area contributed by atoms with Crippen LogP contribution in [0.25, 0.3) is 0 Å². The number of methoxy groups -OCH3 is 1. The summed E-state index contributed by atoms with van der Waals surface area (Å²) in [5, 5.41) is 13.5. The minimum Gasteiger partial charge on any atom is -0.507 e. The van der Waals surface area contributed by atoms with Gasteiger partial charge in [0.15, 0.2) is 11.6 Å². The van der Waals surface area contributed by atoms with E-state index in [4.69, 9.17) is 4.74 Å². The van der Waals surface area contributed by atoms with E-state index in [2.05, 4.69) is 37.2 Å². The van der Waals surface area contributed by atoms with Crippen LogP contribution in [0, 0.1) is 0 Å². The van der Waals surface area contributed by atoms with Gasteiger partial charge < -0.3 is 15.2 Å². The summed E-state index contributed by atoms with van der Waals surface area (Å²) in [5.41, 5.74) is 2.35. The molecule has 2 N–H and O–H groups in total. The number of rotatable bonds is 4. The molecule has 0 aromatic heterocycles. The predicted octanol–water partition coefficient (Wildman–Crippen LogP) is 5.15. The molecule has 3 aromatic carbocycles. The third-order valence-electron chi connectivity index (χ3n) is 4.99. The van der Waals surface area contributed by atoms with E-state index < -0.39 is 5.78 Å². The fourth-order valence-electron chi connectivity index (χ4n) is 3.53. The Hall–Kier alpha value is -2.97. The van der Waals surface area contributed by atoms with Gasteiger partial charge in [0.05, 0.1) is 36.0 Å². The second-order valence-corrected chi connectivity index (χ2v) is 8.61. The molecule has 8 heteroatoms. The van der Waals surface area contributed by atoms with Crippen LogP contribution < -0.4 is 5.32 Å². The molecule has 1 aliphatic carbocycles. The van der Waals surface area contributed by atoms with Gasteiger partial charge in [0.25, 0.3) is 0 Å². The molecule has 0 bridgehead atoms. The number of esters is 1. The maximum absolute atomic E-state index is 13.2. The zero-order valence-electron chi connectivity index (χ0n) is 16.2. The number of anilines is 2. The lowest BCUT2D eigenvalue weighted by Gasteiger charge is -2.22. The number of ketones is 2. The van der Waals surface area contributed by atoms with Crippen molar-refractivity contribution >= 4 is 60.8 Å². The number of phenols is 1. The summed E-state index contributed by atoms with van der Waals surface area (Å²) in [6, 6.07) is 13.0. The standard InChI is InChI=1S/C23H15Br2NO5/c1-31-18(28)10-11-8-14(24)21(15(25)9-11)26-16-6-7-17(27)20-19(16)22(29)12-4-2-3-5-13(12)23(20)30/h2-9,26-27H,10H2,1H3. The SMILES string of the molecule is COC(=O)Cc1cc(Br)c(Nc2ccc(O)c3c2C(=O)c2ccccc2C3=O)c(Br)c1. The van der Waals surface area contributed by atoms with Crippen LogP contribution in [0.4, 0.5) is 11.4 Å². The van der Waals surface area contributed by atoms with E-state index in [1.165, 1.54) is 13.2 Å². The van der Waals surface area contributed by atoms with Crippen molar-refractivity contribution in [2.45, 2.75) is 6.42 Å². The zero-order chi connectivity index (χ0) is 22.3. The summed E-state index contributed by atoms with van der Waals surface area (Å²) in [4.78, 5) is 37.8. The highest BCUT2D eigenvalue weighted by Gasteiger charge is 2.34. The summed E-state index contributed by atoms with van der Waals surface area (Å²) < 4.78 is 5.98. The zero-order valence-corrected chi connectivity index (χ0v) is 19.3. The molecule has 0 spiro atoms. The molecular weight excluding hydrogens is 530 g/mol. The molecule has 0 radical (unpaired) electrons. The molecule has 0 aliphatic heterocycles. The molecule has 0 amide bonds. The van der Waals surface area contributed by atoms with Crippen LogP contribution in [0.5, 0.6) is 5.75 Å². The van der Waals surface area contributed by atoms with Crippen LogP contribution in [0.15, 0.2) is 57.5 Å². The first-order chi connectivity index (χ1) is 14.8. The quantitative estimate of drug-likeness (QED) is 0.272. The normalized spacial score (nSPS) is 12.2. The largest absolute Gasteiger partial charge is 0.507 e. The van der Waals surface area contributed by atoms with Crippen LogP contribution in [-0.2, 0) is 16.0 Å². The van der Waals surface area contributed by atoms with Crippen LogP contribution in [0.3, 0.4) is 0 Å². The number of carbonyl (C=O) groups excluding carboxylic acids is 3. The maximum Gasteiger partial charge on any atom is 0.309 e. The minimum atomic E-state index is -0.405. The van der Waals surface area contributed by atoms with Crippen molar-refractivity contribution < 1.29 is 24.2 Å². The lowest BCUT2D eigenvalue weighted by molar-refractivity contribution is -0.139. The van der Waals surface area contributed by atoms with E-state index in [0.717, 1.165) is 5.56 Å². The molecule has 1 aliphatic rings. The lowest BCUT2D eigenvalue weighted by Crippen LogP contribution is -2.22. The molecule has 0 saturated carbocycles. The van der Waals surface area contributed by atoms with Crippen molar-refractivity contribution in [2.24, 2.45) is 0 Å². The number of benzene rings is 3. The minimum absolute atomic E-state index is 0.0248. The third-order valence-corrected chi connectivity index (χ3v) is 6.24. The smallest absolute Gasteiger partial charge is 0.309 e. The van der Waals surface area contributed by atoms with E-state index in [0.29, 0.717) is 25.9 Å². The van der Waals surface area contributed by atoms with E-state index >= 15 is 0 Å². The molecule has 4 rings (SSSR count). The number of hydrogen-bond donors (Lipinski definition) is 2. The molecule has 156 valence electrons. The van der Waals surface area contributed by atoms with E-state index in [-0.39, 0.29) is 40.6 Å². The number of carbonyl (C=O) groups is 3. The first-order valence-electron chi connectivity index (χ1n) is 9.18. The molecule has 3 aromatic rings. The van der Waals surface area contributed by atoms with Crippen molar-refractivity contribution in [1.29, 1.82) is 0 Å². The van der Waals surface area contributed by atoms with Gasteiger partial charge in [0.1, 0.15) is 5.75 Å². The van der Waals surface area contributed by atoms with Crippen molar-refractivity contribution in [1.82, 2.24) is 0 Å². The molecule has 0 saturated heterocycles. The monoisotopic (exact) mass is 543 g/mol. The Balaban J connectivity index is 1.79. The number of phenolic OH excluding ortho intramolecular Hbond substituents is 1. The number of nitrogens with one attached hydrogen (secondary N) is 1. The number of fused-ring (bicyclic) bond motifs is 2. The van der Waals surface area contributed by atoms with Gasteiger partial charge in [0, 0.05) is 20.1 Å². The summed E-state index contributed by atoms with van der Waals surface area (Å²) in [5.74, 6) is -1.37. The maximum atomic E-state index is 13.2. The number of halogens is 2. The third kappa shape index (κ3) is 3.77. The fourth-order valence-corrected chi connectivity index (χ4v) is 5.01. The predicted molar refractivity (Wildman–Crippen MR) is 122 cm³/mol. The highest BCUT2D eigenvalue weighted by molar-refractivity contribution is 9.11. The number of hydrogen-bond acceptors (Lipinski definition) is 6. The van der Waals surface area contributed by atoms with Gasteiger partial charge in [-0.15, -0.1) is 0 Å². The molecule has 0 unspecified atom stereocenters. The van der Waals surface area contributed by atoms with E-state index in [1.54, 1.807) is 42.5 Å². The Morgan fingerprint density at radius 3 is 2.13 bits per heavy atom. The summed E-state index contributed by atoms with van der Waals surface area (Å²) >= 11 is 6.97. The van der Waals surface area contributed by atoms with Gasteiger partial charge >= 0.3 is 5.97 Å². The first kappa shape index (κ1) is 21.3. The van der Waals surface area contributed by atoms with Crippen molar-refractivity contribution in [3.8, 4) is 5.75 Å². The van der Waals surface area contributed by atoms with Gasteiger partial charge in [-0.05, 0) is 61.7 Å². The van der Waals surface area contributed by atoms with Crippen LogP contribution in [0.2, 0.25) is 0 Å². The molecular formula is C23H15Br2NO5. The number of aromatic hydroxyl groups is 1. The average molecular weight is 545 g/mol. The second-order valence-electron chi connectivity index (χ2n) is 6.90. The van der Waals surface area contributed by atoms with E-state index in [9.17, 15) is 19.5 Å². The Morgan fingerprint density at radius 2 is 1.55 bits per heavy atom. The second kappa shape index (κ2) is 8.28. The fraction of sp³-hybridized carbons (Fsp3) is 0.0870.